The van der Waals surface area contributed by atoms with E-state index in [-0.39, 0.29) is 31.6 Å². The second-order valence-corrected chi connectivity index (χ2v) is 9.90. The Labute approximate surface area is 198 Å². The highest BCUT2D eigenvalue weighted by Crippen LogP contribution is 2.43. The zero-order chi connectivity index (χ0) is 21.5. The molecule has 2 aliphatic heterocycles. The molecule has 0 saturated carbocycles. The van der Waals surface area contributed by atoms with Crippen LogP contribution in [0.15, 0.2) is 28.1 Å². The van der Waals surface area contributed by atoms with Crippen molar-refractivity contribution in [3.8, 4) is 0 Å². The largest absolute Gasteiger partial charge is 0.390 e. The summed E-state index contributed by atoms with van der Waals surface area (Å²) in [5.74, 6) is 0.743. The van der Waals surface area contributed by atoms with E-state index in [1.54, 1.807) is 6.07 Å². The molecule has 0 aliphatic carbocycles. The summed E-state index contributed by atoms with van der Waals surface area (Å²) < 4.78 is 5.82. The van der Waals surface area contributed by atoms with Gasteiger partial charge in [-0.05, 0) is 38.8 Å². The predicted molar refractivity (Wildman–Crippen MR) is 127 cm³/mol. The number of hydrogen-bond acceptors (Lipinski definition) is 7. The van der Waals surface area contributed by atoms with E-state index in [1.807, 2.05) is 26.0 Å². The van der Waals surface area contributed by atoms with Crippen molar-refractivity contribution in [3.05, 3.63) is 39.6 Å². The molecule has 1 spiro atoms. The Kier molecular flexibility index (Phi) is 7.77. The summed E-state index contributed by atoms with van der Waals surface area (Å²) in [5.41, 5.74) is 7.83. The van der Waals surface area contributed by atoms with Crippen LogP contribution in [-0.4, -0.2) is 46.9 Å². The van der Waals surface area contributed by atoms with Gasteiger partial charge in [-0.2, -0.15) is 0 Å². The van der Waals surface area contributed by atoms with Crippen molar-refractivity contribution in [1.82, 2.24) is 9.97 Å². The highest BCUT2D eigenvalue weighted by Gasteiger charge is 2.47. The number of rotatable bonds is 4. The van der Waals surface area contributed by atoms with E-state index in [0.717, 1.165) is 48.9 Å². The molecule has 2 saturated heterocycles. The topological polar surface area (TPSA) is 84.5 Å². The van der Waals surface area contributed by atoms with Gasteiger partial charge in [0, 0.05) is 29.4 Å². The quantitative estimate of drug-likeness (QED) is 0.649. The summed E-state index contributed by atoms with van der Waals surface area (Å²) in [7, 11) is 0. The first-order valence-electron chi connectivity index (χ1n) is 10.1. The van der Waals surface area contributed by atoms with Gasteiger partial charge >= 0.3 is 0 Å². The lowest BCUT2D eigenvalue weighted by Crippen LogP contribution is -2.51. The van der Waals surface area contributed by atoms with E-state index >= 15 is 0 Å². The highest BCUT2D eigenvalue weighted by atomic mass is 35.5. The van der Waals surface area contributed by atoms with Crippen LogP contribution in [0.1, 0.15) is 38.6 Å². The van der Waals surface area contributed by atoms with Gasteiger partial charge in [-0.25, -0.2) is 9.97 Å². The molecule has 0 bridgehead atoms. The molecule has 3 heterocycles. The molecule has 4 rings (SSSR count). The van der Waals surface area contributed by atoms with Gasteiger partial charge in [0.05, 0.1) is 35.1 Å². The van der Waals surface area contributed by atoms with Gasteiger partial charge in [-0.15, -0.1) is 0 Å². The van der Waals surface area contributed by atoms with Gasteiger partial charge in [0.15, 0.2) is 5.82 Å². The molecule has 6 nitrogen and oxygen atoms in total. The minimum Gasteiger partial charge on any atom is -0.390 e. The Morgan fingerprint density at radius 1 is 1.29 bits per heavy atom. The van der Waals surface area contributed by atoms with Crippen LogP contribution in [0.3, 0.4) is 0 Å². The average molecular weight is 485 g/mol. The Morgan fingerprint density at radius 2 is 2.00 bits per heavy atom. The summed E-state index contributed by atoms with van der Waals surface area (Å²) in [6, 6.07) is 5.55. The number of ether oxygens (including phenoxy) is 1. The first-order chi connectivity index (χ1) is 14.3. The molecule has 3 N–H and O–H groups in total. The lowest BCUT2D eigenvalue weighted by atomic mass is 9.73. The summed E-state index contributed by atoms with van der Waals surface area (Å²) in [4.78, 5) is 12.5. The zero-order valence-corrected chi connectivity index (χ0v) is 19.4. The number of aliphatic hydroxyl groups is 1. The summed E-state index contributed by atoms with van der Waals surface area (Å²) >= 11 is 13.9. The van der Waals surface area contributed by atoms with Crippen LogP contribution in [0, 0.1) is 12.3 Å². The van der Waals surface area contributed by atoms with E-state index in [0.29, 0.717) is 20.8 Å². The molecule has 1 aromatic heterocycles. The summed E-state index contributed by atoms with van der Waals surface area (Å²) in [6.45, 7) is 6.14. The molecule has 9 heteroatoms. The second kappa shape index (κ2) is 9.81. The van der Waals surface area contributed by atoms with Gasteiger partial charge in [0.2, 0.25) is 0 Å². The van der Waals surface area contributed by atoms with Crippen molar-refractivity contribution in [2.45, 2.75) is 62.8 Å². The standard InChI is InChI=1S/C21H26Cl2N4O2S.CH4/c1-12-20(30-16-5-3-4-14(22)17(16)23)26-15(10-28)19(25-12)27-8-6-21(7-9-27)11-29-13(2)18(21)24;/h3-5,13,18,28H,6-11,24H2,1-2H3;1H4/t13-,18+;/m0./s1. The number of aryl methyl sites for hydroxylation is 1. The summed E-state index contributed by atoms with van der Waals surface area (Å²) in [5, 5.41) is 11.7. The maximum Gasteiger partial charge on any atom is 0.153 e. The molecule has 0 radical (unpaired) electrons. The number of nitrogens with two attached hydrogens (primary N) is 1. The van der Waals surface area contributed by atoms with Gasteiger partial charge in [-0.1, -0.05) is 48.5 Å². The lowest BCUT2D eigenvalue weighted by molar-refractivity contribution is 0.0973. The third-order valence-electron chi connectivity index (χ3n) is 6.26. The van der Waals surface area contributed by atoms with Crippen molar-refractivity contribution < 1.29 is 9.84 Å². The number of hydrogen-bond donors (Lipinski definition) is 2. The normalized spacial score (nSPS) is 22.6. The van der Waals surface area contributed by atoms with E-state index in [9.17, 15) is 5.11 Å². The maximum atomic E-state index is 9.99. The van der Waals surface area contributed by atoms with E-state index in [2.05, 4.69) is 4.90 Å². The van der Waals surface area contributed by atoms with E-state index in [4.69, 9.17) is 43.6 Å². The average Bonchev–Trinajstić information content (AvgIpc) is 3.01. The molecular weight excluding hydrogens is 455 g/mol. The number of benzene rings is 1. The van der Waals surface area contributed by atoms with E-state index < -0.39 is 0 Å². The zero-order valence-electron chi connectivity index (χ0n) is 17.1. The number of halogens is 2. The van der Waals surface area contributed by atoms with Crippen LogP contribution in [-0.2, 0) is 11.3 Å². The van der Waals surface area contributed by atoms with Crippen LogP contribution in [0.2, 0.25) is 10.0 Å². The minimum atomic E-state index is -0.180. The van der Waals surface area contributed by atoms with Crippen LogP contribution >= 0.6 is 35.0 Å². The Morgan fingerprint density at radius 3 is 2.61 bits per heavy atom. The fourth-order valence-corrected chi connectivity index (χ4v) is 5.66. The van der Waals surface area contributed by atoms with Crippen molar-refractivity contribution in [3.63, 3.8) is 0 Å². The van der Waals surface area contributed by atoms with Crippen LogP contribution < -0.4 is 10.6 Å². The number of anilines is 1. The monoisotopic (exact) mass is 484 g/mol. The van der Waals surface area contributed by atoms with E-state index in [1.165, 1.54) is 11.8 Å². The van der Waals surface area contributed by atoms with Crippen LogP contribution in [0.25, 0.3) is 0 Å². The van der Waals surface area contributed by atoms with Crippen LogP contribution in [0.5, 0.6) is 0 Å². The Balaban J connectivity index is 0.00000272. The molecule has 31 heavy (non-hydrogen) atoms. The van der Waals surface area contributed by atoms with Gasteiger partial charge in [0.1, 0.15) is 10.7 Å². The first kappa shape index (κ1) is 24.6. The SMILES string of the molecule is C.Cc1nc(N2CCC3(CC2)CO[C@@H](C)[C@H]3N)c(CO)nc1Sc1cccc(Cl)c1Cl. The molecule has 1 aromatic carbocycles. The molecule has 2 fully saturated rings. The van der Waals surface area contributed by atoms with Crippen LogP contribution in [0.4, 0.5) is 5.82 Å². The lowest BCUT2D eigenvalue weighted by Gasteiger charge is -2.42. The Bertz CT molecular complexity index is 938. The fraction of sp³-hybridized carbons (Fsp3) is 0.545. The van der Waals surface area contributed by atoms with Crippen molar-refractivity contribution in [2.24, 2.45) is 11.1 Å². The van der Waals surface area contributed by atoms with Gasteiger partial charge in [0.25, 0.3) is 0 Å². The third-order valence-corrected chi connectivity index (χ3v) is 8.33. The minimum absolute atomic E-state index is 0. The smallest absolute Gasteiger partial charge is 0.153 e. The molecule has 2 aliphatic rings. The number of nitrogens with zero attached hydrogens (tertiary/aromatic N) is 3. The molecule has 0 unspecified atom stereocenters. The van der Waals surface area contributed by atoms with Crippen molar-refractivity contribution in [1.29, 1.82) is 0 Å². The first-order valence-corrected chi connectivity index (χ1v) is 11.6. The second-order valence-electron chi connectivity index (χ2n) is 8.09. The highest BCUT2D eigenvalue weighted by molar-refractivity contribution is 7.99. The number of aromatic nitrogens is 2. The van der Waals surface area contributed by atoms with Gasteiger partial charge in [-0.3, -0.25) is 0 Å². The molecule has 2 atom stereocenters. The fourth-order valence-electron chi connectivity index (χ4n) is 4.28. The number of aliphatic hydroxyl groups excluding tert-OH is 1. The predicted octanol–water partition coefficient (Wildman–Crippen LogP) is 4.70. The molecule has 0 amide bonds. The maximum absolute atomic E-state index is 9.99. The molecular formula is C22H30Cl2N4O2S. The third kappa shape index (κ3) is 4.68. The van der Waals surface area contributed by atoms with Crippen molar-refractivity contribution in [2.75, 3.05) is 24.6 Å². The molecule has 2 aromatic rings. The Hall–Kier alpha value is -1.09. The van der Waals surface area contributed by atoms with Crippen molar-refractivity contribution >= 4 is 40.8 Å². The number of piperidine rings is 1. The van der Waals surface area contributed by atoms with Gasteiger partial charge < -0.3 is 20.5 Å². The summed E-state index contributed by atoms with van der Waals surface area (Å²) in [6.07, 6.45) is 1.98. The molecule has 170 valence electrons.